The first-order chi connectivity index (χ1) is 8.19. The third kappa shape index (κ3) is 4.74. The second kappa shape index (κ2) is 7.80. The molecule has 0 radical (unpaired) electrons. The number of thioether (sulfide) groups is 1. The summed E-state index contributed by atoms with van der Waals surface area (Å²) in [5.74, 6) is 2.53. The Morgan fingerprint density at radius 3 is 2.53 bits per heavy atom. The van der Waals surface area contributed by atoms with Gasteiger partial charge in [0.1, 0.15) is 0 Å². The molecule has 0 aromatic carbocycles. The molecule has 0 saturated heterocycles. The Balaban J connectivity index is 2.48. The van der Waals surface area contributed by atoms with Crippen LogP contribution in [0.2, 0.25) is 0 Å². The lowest BCUT2D eigenvalue weighted by atomic mass is 9.79. The summed E-state index contributed by atoms with van der Waals surface area (Å²) in [5, 5.41) is 4.73. The van der Waals surface area contributed by atoms with Gasteiger partial charge in [-0.15, -0.1) is 0 Å². The molecule has 1 N–H and O–H groups in total. The molecule has 98 valence electrons. The molecule has 1 aliphatic carbocycles. The second-order valence-corrected chi connectivity index (χ2v) is 5.97. The summed E-state index contributed by atoms with van der Waals surface area (Å²) >= 11 is 1.80. The molecule has 0 aliphatic heterocycles. The van der Waals surface area contributed by atoms with Crippen LogP contribution in [0.4, 0.5) is 0 Å². The van der Waals surface area contributed by atoms with Crippen LogP contribution >= 0.6 is 11.8 Å². The van der Waals surface area contributed by atoms with Gasteiger partial charge in [-0.3, -0.25) is 4.99 Å². The summed E-state index contributed by atoms with van der Waals surface area (Å²) in [6.45, 7) is 6.77. The topological polar surface area (TPSA) is 24.4 Å². The van der Waals surface area contributed by atoms with Gasteiger partial charge in [-0.05, 0) is 31.6 Å². The largest absolute Gasteiger partial charge is 0.362 e. The van der Waals surface area contributed by atoms with E-state index in [9.17, 15) is 0 Å². The second-order valence-electron chi connectivity index (χ2n) is 4.96. The summed E-state index contributed by atoms with van der Waals surface area (Å²) in [4.78, 5) is 4.36. The van der Waals surface area contributed by atoms with Crippen molar-refractivity contribution in [1.82, 2.24) is 5.32 Å². The number of hydrogen-bond acceptors (Lipinski definition) is 2. The van der Waals surface area contributed by atoms with Gasteiger partial charge in [-0.2, -0.15) is 0 Å². The van der Waals surface area contributed by atoms with Crippen molar-refractivity contribution in [3.63, 3.8) is 0 Å². The molecular formula is C14H26N2S. The first-order valence-corrected chi connectivity index (χ1v) is 7.64. The van der Waals surface area contributed by atoms with Crippen LogP contribution in [0.1, 0.15) is 40.0 Å². The first-order valence-electron chi connectivity index (χ1n) is 6.66. The molecular weight excluding hydrogens is 228 g/mol. The monoisotopic (exact) mass is 254 g/mol. The van der Waals surface area contributed by atoms with Crippen molar-refractivity contribution in [1.29, 1.82) is 0 Å². The highest BCUT2D eigenvalue weighted by Crippen LogP contribution is 2.29. The fraction of sp³-hybridized carbons (Fsp3) is 0.786. The zero-order valence-corrected chi connectivity index (χ0v) is 12.4. The predicted octanol–water partition coefficient (Wildman–Crippen LogP) is 3.70. The standard InChI is InChI=1S/C14H26N2S/c1-5-6-10-17-14(15-4)16-13-11(2)8-7-9-12(13)3/h5-6,11-13H,7-10H2,1-4H3,(H,15,16). The maximum Gasteiger partial charge on any atom is 0.156 e. The quantitative estimate of drug-likeness (QED) is 0.472. The van der Waals surface area contributed by atoms with Crippen LogP contribution in [0.3, 0.4) is 0 Å². The maximum absolute atomic E-state index is 4.36. The van der Waals surface area contributed by atoms with E-state index in [2.05, 4.69) is 43.2 Å². The van der Waals surface area contributed by atoms with Crippen molar-refractivity contribution < 1.29 is 0 Å². The van der Waals surface area contributed by atoms with E-state index in [4.69, 9.17) is 0 Å². The minimum Gasteiger partial charge on any atom is -0.362 e. The van der Waals surface area contributed by atoms with Gasteiger partial charge in [-0.25, -0.2) is 0 Å². The Kier molecular flexibility index (Phi) is 6.71. The van der Waals surface area contributed by atoms with Crippen molar-refractivity contribution in [2.24, 2.45) is 16.8 Å². The minimum atomic E-state index is 0.598. The number of hydrogen-bond donors (Lipinski definition) is 1. The molecule has 1 saturated carbocycles. The lowest BCUT2D eigenvalue weighted by Crippen LogP contribution is -2.45. The van der Waals surface area contributed by atoms with Gasteiger partial charge in [-0.1, -0.05) is 44.2 Å². The molecule has 0 aromatic heterocycles. The van der Waals surface area contributed by atoms with Gasteiger partial charge >= 0.3 is 0 Å². The minimum absolute atomic E-state index is 0.598. The van der Waals surface area contributed by atoms with Crippen molar-refractivity contribution in [3.05, 3.63) is 12.2 Å². The van der Waals surface area contributed by atoms with E-state index in [0.717, 1.165) is 22.8 Å². The van der Waals surface area contributed by atoms with Gasteiger partial charge in [0.2, 0.25) is 0 Å². The van der Waals surface area contributed by atoms with Crippen LogP contribution < -0.4 is 5.32 Å². The SMILES string of the molecule is CC=CCSC(=NC)NC1C(C)CCCC1C. The van der Waals surface area contributed by atoms with Gasteiger partial charge < -0.3 is 5.32 Å². The molecule has 0 amide bonds. The fourth-order valence-electron chi connectivity index (χ4n) is 2.50. The summed E-state index contributed by atoms with van der Waals surface area (Å²) < 4.78 is 0. The fourth-order valence-corrected chi connectivity index (χ4v) is 3.30. The number of nitrogens with zero attached hydrogens (tertiary/aromatic N) is 1. The smallest absolute Gasteiger partial charge is 0.156 e. The van der Waals surface area contributed by atoms with Crippen LogP contribution in [0, 0.1) is 11.8 Å². The lowest BCUT2D eigenvalue weighted by Gasteiger charge is -2.35. The van der Waals surface area contributed by atoms with Gasteiger partial charge in [0.05, 0.1) is 0 Å². The molecule has 1 aliphatic rings. The molecule has 0 aromatic rings. The number of nitrogens with one attached hydrogen (secondary N) is 1. The molecule has 17 heavy (non-hydrogen) atoms. The first kappa shape index (κ1) is 14.6. The molecule has 3 heteroatoms. The zero-order chi connectivity index (χ0) is 12.7. The van der Waals surface area contributed by atoms with Crippen LogP contribution in [-0.2, 0) is 0 Å². The zero-order valence-electron chi connectivity index (χ0n) is 11.6. The van der Waals surface area contributed by atoms with Crippen LogP contribution in [0.5, 0.6) is 0 Å². The van der Waals surface area contributed by atoms with E-state index >= 15 is 0 Å². The summed E-state index contributed by atoms with van der Waals surface area (Å²) in [6.07, 6.45) is 8.33. The molecule has 2 nitrogen and oxygen atoms in total. The molecule has 1 fully saturated rings. The molecule has 1 rings (SSSR count). The van der Waals surface area contributed by atoms with E-state index in [1.165, 1.54) is 19.3 Å². The number of rotatable bonds is 3. The molecule has 0 bridgehead atoms. The van der Waals surface area contributed by atoms with Crippen LogP contribution in [0.25, 0.3) is 0 Å². The average molecular weight is 254 g/mol. The van der Waals surface area contributed by atoms with Crippen LogP contribution in [-0.4, -0.2) is 24.0 Å². The number of aliphatic imine (C=N–C) groups is 1. The number of amidine groups is 1. The van der Waals surface area contributed by atoms with Crippen molar-refractivity contribution in [2.75, 3.05) is 12.8 Å². The summed E-state index contributed by atoms with van der Waals surface area (Å²) in [7, 11) is 1.88. The van der Waals surface area contributed by atoms with E-state index < -0.39 is 0 Å². The van der Waals surface area contributed by atoms with E-state index in [1.807, 2.05) is 7.05 Å². The molecule has 0 heterocycles. The highest BCUT2D eigenvalue weighted by Gasteiger charge is 2.28. The normalized spacial score (nSPS) is 30.8. The van der Waals surface area contributed by atoms with Crippen molar-refractivity contribution >= 4 is 16.9 Å². The highest BCUT2D eigenvalue weighted by atomic mass is 32.2. The Morgan fingerprint density at radius 1 is 1.35 bits per heavy atom. The summed E-state index contributed by atoms with van der Waals surface area (Å²) in [5.41, 5.74) is 0. The lowest BCUT2D eigenvalue weighted by molar-refractivity contribution is 0.232. The summed E-state index contributed by atoms with van der Waals surface area (Å²) in [6, 6.07) is 0.598. The third-order valence-electron chi connectivity index (χ3n) is 3.59. The maximum atomic E-state index is 4.36. The Hall–Kier alpha value is -0.440. The van der Waals surface area contributed by atoms with Crippen LogP contribution in [0.15, 0.2) is 17.1 Å². The van der Waals surface area contributed by atoms with E-state index in [1.54, 1.807) is 11.8 Å². The molecule has 2 atom stereocenters. The Labute approximate surface area is 110 Å². The predicted molar refractivity (Wildman–Crippen MR) is 79.7 cm³/mol. The van der Waals surface area contributed by atoms with Gasteiger partial charge in [0, 0.05) is 18.8 Å². The van der Waals surface area contributed by atoms with Gasteiger partial charge in [0.15, 0.2) is 5.17 Å². The third-order valence-corrected chi connectivity index (χ3v) is 4.52. The van der Waals surface area contributed by atoms with Crippen molar-refractivity contribution in [2.45, 2.75) is 46.1 Å². The van der Waals surface area contributed by atoms with E-state index in [0.29, 0.717) is 6.04 Å². The number of allylic oxidation sites excluding steroid dienone is 1. The Morgan fingerprint density at radius 2 is 2.00 bits per heavy atom. The molecule has 2 unspecified atom stereocenters. The highest BCUT2D eigenvalue weighted by molar-refractivity contribution is 8.13. The van der Waals surface area contributed by atoms with Gasteiger partial charge in [0.25, 0.3) is 0 Å². The average Bonchev–Trinajstić information content (AvgIpc) is 2.32. The van der Waals surface area contributed by atoms with Crippen molar-refractivity contribution in [3.8, 4) is 0 Å². The molecule has 0 spiro atoms. The Bertz CT molecular complexity index is 263. The van der Waals surface area contributed by atoms with E-state index in [-0.39, 0.29) is 0 Å².